The molecule has 0 unspecified atom stereocenters. The number of carboxylic acids is 1. The molecule has 0 fully saturated rings. The molecule has 1 amide bonds. The molecule has 0 aromatic heterocycles. The zero-order chi connectivity index (χ0) is 14.7. The molecule has 0 aliphatic rings. The fourth-order valence-electron chi connectivity index (χ4n) is 1.18. The Morgan fingerprint density at radius 1 is 1.26 bits per heavy atom. The normalized spacial score (nSPS) is 12.0. The molecule has 0 aliphatic carbocycles. The number of aliphatic carboxylic acids is 1. The molecule has 0 aliphatic heterocycles. The van der Waals surface area contributed by atoms with Gasteiger partial charge >= 0.3 is 5.97 Å². The van der Waals surface area contributed by atoms with E-state index in [9.17, 15) is 22.8 Å². The molecular formula is C10H8F3NO5. The number of carboxylic acid groups (broad SMARTS) is 1. The third-order valence-electron chi connectivity index (χ3n) is 2.16. The highest BCUT2D eigenvalue weighted by Crippen LogP contribution is 2.25. The van der Waals surface area contributed by atoms with E-state index in [4.69, 9.17) is 15.3 Å². The molecule has 1 atom stereocenters. The van der Waals surface area contributed by atoms with Crippen LogP contribution in [-0.4, -0.2) is 39.8 Å². The first-order valence-corrected chi connectivity index (χ1v) is 4.80. The number of phenols is 1. The molecule has 19 heavy (non-hydrogen) atoms. The molecular weight excluding hydrogens is 271 g/mol. The van der Waals surface area contributed by atoms with Gasteiger partial charge in [0, 0.05) is 0 Å². The summed E-state index contributed by atoms with van der Waals surface area (Å²) >= 11 is 0. The minimum Gasteiger partial charge on any atom is -0.503 e. The number of hydrogen-bond acceptors (Lipinski definition) is 4. The van der Waals surface area contributed by atoms with Crippen molar-refractivity contribution in [2.75, 3.05) is 6.61 Å². The highest BCUT2D eigenvalue weighted by Gasteiger charge is 2.25. The van der Waals surface area contributed by atoms with Crippen LogP contribution in [0.1, 0.15) is 10.4 Å². The summed E-state index contributed by atoms with van der Waals surface area (Å²) in [5, 5.41) is 27.7. The number of benzene rings is 1. The van der Waals surface area contributed by atoms with Gasteiger partial charge in [-0.25, -0.2) is 13.6 Å². The van der Waals surface area contributed by atoms with Gasteiger partial charge in [-0.05, 0) is 6.07 Å². The Bertz CT molecular complexity index is 534. The van der Waals surface area contributed by atoms with Crippen molar-refractivity contribution in [1.82, 2.24) is 5.32 Å². The fraction of sp³-hybridized carbons (Fsp3) is 0.200. The van der Waals surface area contributed by atoms with E-state index in [1.807, 2.05) is 0 Å². The van der Waals surface area contributed by atoms with E-state index in [0.29, 0.717) is 0 Å². The Morgan fingerprint density at radius 3 is 2.32 bits per heavy atom. The Hall–Kier alpha value is -2.29. The first-order chi connectivity index (χ1) is 8.79. The number of aliphatic hydroxyl groups is 1. The standard InChI is InChI=1S/C10H8F3NO5/c11-4-1-3(6(12)8(16)7(4)13)9(17)14-5(2-15)10(18)19/h1,5,15-16H,2H2,(H,14,17)(H,18,19)/t5-/m1/s1. The van der Waals surface area contributed by atoms with Crippen LogP contribution in [0.25, 0.3) is 0 Å². The van der Waals surface area contributed by atoms with Crippen LogP contribution in [0.4, 0.5) is 13.2 Å². The van der Waals surface area contributed by atoms with Crippen LogP contribution in [0.3, 0.4) is 0 Å². The van der Waals surface area contributed by atoms with E-state index in [-0.39, 0.29) is 6.07 Å². The Kier molecular flexibility index (Phi) is 4.33. The van der Waals surface area contributed by atoms with Gasteiger partial charge in [-0.3, -0.25) is 4.79 Å². The van der Waals surface area contributed by atoms with E-state index in [0.717, 1.165) is 0 Å². The van der Waals surface area contributed by atoms with E-state index in [1.54, 1.807) is 5.32 Å². The molecule has 0 spiro atoms. The lowest BCUT2D eigenvalue weighted by atomic mass is 10.1. The molecule has 4 N–H and O–H groups in total. The van der Waals surface area contributed by atoms with Gasteiger partial charge in [0.15, 0.2) is 23.4 Å². The van der Waals surface area contributed by atoms with Crippen LogP contribution in [0, 0.1) is 17.5 Å². The maximum absolute atomic E-state index is 13.3. The van der Waals surface area contributed by atoms with Crippen LogP contribution >= 0.6 is 0 Å². The maximum atomic E-state index is 13.3. The van der Waals surface area contributed by atoms with Gasteiger partial charge in [-0.2, -0.15) is 4.39 Å². The van der Waals surface area contributed by atoms with Gasteiger partial charge in [0.05, 0.1) is 12.2 Å². The number of aromatic hydroxyl groups is 1. The van der Waals surface area contributed by atoms with Crippen molar-refractivity contribution >= 4 is 11.9 Å². The van der Waals surface area contributed by atoms with E-state index >= 15 is 0 Å². The second-order valence-corrected chi connectivity index (χ2v) is 3.43. The number of carbonyl (C=O) groups excluding carboxylic acids is 1. The zero-order valence-electron chi connectivity index (χ0n) is 9.15. The molecule has 104 valence electrons. The number of hydrogen-bond donors (Lipinski definition) is 4. The first-order valence-electron chi connectivity index (χ1n) is 4.80. The van der Waals surface area contributed by atoms with Crippen LogP contribution < -0.4 is 5.32 Å². The van der Waals surface area contributed by atoms with Crippen molar-refractivity contribution in [3.05, 3.63) is 29.1 Å². The molecule has 0 saturated heterocycles. The Labute approximate surface area is 104 Å². The number of rotatable bonds is 4. The summed E-state index contributed by atoms with van der Waals surface area (Å²) < 4.78 is 39.0. The Morgan fingerprint density at radius 2 is 1.84 bits per heavy atom. The predicted molar refractivity (Wildman–Crippen MR) is 54.0 cm³/mol. The number of phenolic OH excluding ortho intramolecular Hbond substituents is 1. The van der Waals surface area contributed by atoms with Crippen LogP contribution in [0.2, 0.25) is 0 Å². The summed E-state index contributed by atoms with van der Waals surface area (Å²) in [7, 11) is 0. The molecule has 6 nitrogen and oxygen atoms in total. The summed E-state index contributed by atoms with van der Waals surface area (Å²) in [4.78, 5) is 21.9. The summed E-state index contributed by atoms with van der Waals surface area (Å²) in [6.07, 6.45) is 0. The van der Waals surface area contributed by atoms with Crippen molar-refractivity contribution in [3.8, 4) is 5.75 Å². The third-order valence-corrected chi connectivity index (χ3v) is 2.16. The SMILES string of the molecule is O=C(N[C@H](CO)C(=O)O)c1cc(F)c(F)c(O)c1F. The lowest BCUT2D eigenvalue weighted by Gasteiger charge is -2.12. The van der Waals surface area contributed by atoms with Crippen molar-refractivity contribution in [2.24, 2.45) is 0 Å². The van der Waals surface area contributed by atoms with Crippen LogP contribution in [0.15, 0.2) is 6.07 Å². The second-order valence-electron chi connectivity index (χ2n) is 3.43. The van der Waals surface area contributed by atoms with Gasteiger partial charge in [-0.15, -0.1) is 0 Å². The van der Waals surface area contributed by atoms with E-state index < -0.39 is 53.3 Å². The molecule has 0 saturated carbocycles. The van der Waals surface area contributed by atoms with Crippen molar-refractivity contribution in [1.29, 1.82) is 0 Å². The number of amides is 1. The molecule has 1 aromatic rings. The summed E-state index contributed by atoms with van der Waals surface area (Å²) in [6, 6.07) is -1.59. The van der Waals surface area contributed by atoms with Gasteiger partial charge in [0.1, 0.15) is 0 Å². The smallest absolute Gasteiger partial charge is 0.328 e. The average Bonchev–Trinajstić information content (AvgIpc) is 2.36. The zero-order valence-corrected chi connectivity index (χ0v) is 9.15. The molecule has 0 radical (unpaired) electrons. The third kappa shape index (κ3) is 2.94. The van der Waals surface area contributed by atoms with Gasteiger partial charge < -0.3 is 20.6 Å². The summed E-state index contributed by atoms with van der Waals surface area (Å²) in [5.41, 5.74) is -1.09. The summed E-state index contributed by atoms with van der Waals surface area (Å²) in [6.45, 7) is -0.988. The molecule has 0 bridgehead atoms. The summed E-state index contributed by atoms with van der Waals surface area (Å²) in [5.74, 6) is -10.0. The minimum atomic E-state index is -1.87. The monoisotopic (exact) mass is 279 g/mol. The minimum absolute atomic E-state index is 0.163. The predicted octanol–water partition coefficient (Wildman–Crippen LogP) is -0.0152. The number of aliphatic hydroxyl groups excluding tert-OH is 1. The van der Waals surface area contributed by atoms with Gasteiger partial charge in [-0.1, -0.05) is 0 Å². The van der Waals surface area contributed by atoms with E-state index in [2.05, 4.69) is 0 Å². The molecule has 0 heterocycles. The maximum Gasteiger partial charge on any atom is 0.328 e. The fourth-order valence-corrected chi connectivity index (χ4v) is 1.18. The van der Waals surface area contributed by atoms with Crippen LogP contribution in [0.5, 0.6) is 5.75 Å². The van der Waals surface area contributed by atoms with Crippen molar-refractivity contribution in [2.45, 2.75) is 6.04 Å². The van der Waals surface area contributed by atoms with Crippen LogP contribution in [-0.2, 0) is 4.79 Å². The highest BCUT2D eigenvalue weighted by atomic mass is 19.2. The number of carbonyl (C=O) groups is 2. The first kappa shape index (κ1) is 14.8. The van der Waals surface area contributed by atoms with E-state index in [1.165, 1.54) is 0 Å². The lowest BCUT2D eigenvalue weighted by molar-refractivity contribution is -0.140. The number of nitrogens with one attached hydrogen (secondary N) is 1. The average molecular weight is 279 g/mol. The van der Waals surface area contributed by atoms with Crippen molar-refractivity contribution < 1.29 is 38.1 Å². The van der Waals surface area contributed by atoms with Gasteiger partial charge in [0.25, 0.3) is 5.91 Å². The molecule has 1 rings (SSSR count). The lowest BCUT2D eigenvalue weighted by Crippen LogP contribution is -2.43. The molecule has 1 aromatic carbocycles. The van der Waals surface area contributed by atoms with Gasteiger partial charge in [0.2, 0.25) is 5.82 Å². The quantitative estimate of drug-likeness (QED) is 0.580. The topological polar surface area (TPSA) is 107 Å². The Balaban J connectivity index is 3.11. The second kappa shape index (κ2) is 5.57. The number of halogens is 3. The highest BCUT2D eigenvalue weighted by molar-refractivity contribution is 5.97. The van der Waals surface area contributed by atoms with Crippen molar-refractivity contribution in [3.63, 3.8) is 0 Å². The molecule has 9 heteroatoms. The largest absolute Gasteiger partial charge is 0.503 e.